The van der Waals surface area contributed by atoms with Crippen molar-refractivity contribution in [1.82, 2.24) is 0 Å². The lowest BCUT2D eigenvalue weighted by Crippen LogP contribution is -2.24. The molecule has 1 fully saturated rings. The van der Waals surface area contributed by atoms with Crippen molar-refractivity contribution in [1.29, 1.82) is 0 Å². The van der Waals surface area contributed by atoms with Crippen LogP contribution >= 0.6 is 0 Å². The first-order chi connectivity index (χ1) is 9.47. The third kappa shape index (κ3) is 3.17. The quantitative estimate of drug-likeness (QED) is 0.862. The molecule has 0 unspecified atom stereocenters. The summed E-state index contributed by atoms with van der Waals surface area (Å²) in [5, 5.41) is 2.79. The number of hydrogen-bond donors (Lipinski definition) is 1. The van der Waals surface area contributed by atoms with E-state index in [0.717, 1.165) is 16.8 Å². The molecule has 20 heavy (non-hydrogen) atoms. The van der Waals surface area contributed by atoms with Crippen LogP contribution < -0.4 is 10.2 Å². The molecule has 0 saturated carbocycles. The zero-order chi connectivity index (χ0) is 14.7. The molecule has 5 nitrogen and oxygen atoms in total. The number of ether oxygens (including phenoxy) is 1. The largest absolute Gasteiger partial charge is 0.447 e. The van der Waals surface area contributed by atoms with Gasteiger partial charge in [0.25, 0.3) is 0 Å². The van der Waals surface area contributed by atoms with Crippen molar-refractivity contribution in [2.24, 2.45) is 0 Å². The van der Waals surface area contributed by atoms with Crippen molar-refractivity contribution in [3.8, 4) is 0 Å². The SMILES string of the molecule is CC(C)=CC(=O)Nc1ccc(C)c(N2CCOC2=O)c1. The molecule has 1 saturated heterocycles. The van der Waals surface area contributed by atoms with E-state index in [1.54, 1.807) is 11.0 Å². The molecule has 2 amide bonds. The van der Waals surface area contributed by atoms with Crippen LogP contribution in [0.3, 0.4) is 0 Å². The average molecular weight is 274 g/mol. The number of rotatable bonds is 3. The molecule has 106 valence electrons. The zero-order valence-electron chi connectivity index (χ0n) is 11.9. The lowest BCUT2D eigenvalue weighted by Gasteiger charge is -2.17. The lowest BCUT2D eigenvalue weighted by molar-refractivity contribution is -0.111. The second-order valence-electron chi connectivity index (χ2n) is 4.98. The molecule has 1 aliphatic rings. The molecular weight excluding hydrogens is 256 g/mol. The Kier molecular flexibility index (Phi) is 4.08. The van der Waals surface area contributed by atoms with Crippen LogP contribution in [0.1, 0.15) is 19.4 Å². The minimum absolute atomic E-state index is 0.177. The minimum atomic E-state index is -0.346. The highest BCUT2D eigenvalue weighted by molar-refractivity contribution is 6.00. The van der Waals surface area contributed by atoms with Crippen LogP contribution in [0, 0.1) is 6.92 Å². The van der Waals surface area contributed by atoms with E-state index in [1.807, 2.05) is 32.9 Å². The normalized spacial score (nSPS) is 13.9. The van der Waals surface area contributed by atoms with Crippen LogP contribution in [0.25, 0.3) is 0 Å². The Morgan fingerprint density at radius 2 is 2.15 bits per heavy atom. The van der Waals surface area contributed by atoms with Crippen molar-refractivity contribution < 1.29 is 14.3 Å². The summed E-state index contributed by atoms with van der Waals surface area (Å²) in [5.41, 5.74) is 3.32. The number of aryl methyl sites for hydroxylation is 1. The smallest absolute Gasteiger partial charge is 0.414 e. The van der Waals surface area contributed by atoms with E-state index in [0.29, 0.717) is 18.8 Å². The van der Waals surface area contributed by atoms with Gasteiger partial charge >= 0.3 is 6.09 Å². The van der Waals surface area contributed by atoms with E-state index in [4.69, 9.17) is 4.74 Å². The van der Waals surface area contributed by atoms with Gasteiger partial charge in [-0.2, -0.15) is 0 Å². The summed E-state index contributed by atoms with van der Waals surface area (Å²) in [5.74, 6) is -0.177. The monoisotopic (exact) mass is 274 g/mol. The number of nitrogens with zero attached hydrogens (tertiary/aromatic N) is 1. The highest BCUT2D eigenvalue weighted by Crippen LogP contribution is 2.26. The number of carbonyl (C=O) groups is 2. The predicted molar refractivity (Wildman–Crippen MR) is 77.9 cm³/mol. The highest BCUT2D eigenvalue weighted by atomic mass is 16.6. The van der Waals surface area contributed by atoms with E-state index >= 15 is 0 Å². The molecule has 0 aromatic heterocycles. The first-order valence-electron chi connectivity index (χ1n) is 6.48. The molecule has 0 aliphatic carbocycles. The Morgan fingerprint density at radius 3 is 2.75 bits per heavy atom. The first kappa shape index (κ1) is 14.1. The molecule has 1 aliphatic heterocycles. The Balaban J connectivity index is 2.22. The van der Waals surface area contributed by atoms with Gasteiger partial charge < -0.3 is 10.1 Å². The van der Waals surface area contributed by atoms with E-state index < -0.39 is 0 Å². The zero-order valence-corrected chi connectivity index (χ0v) is 11.9. The fourth-order valence-corrected chi connectivity index (χ4v) is 2.03. The Hall–Kier alpha value is -2.30. The van der Waals surface area contributed by atoms with Crippen LogP contribution in [-0.2, 0) is 9.53 Å². The van der Waals surface area contributed by atoms with Crippen molar-refractivity contribution in [2.45, 2.75) is 20.8 Å². The van der Waals surface area contributed by atoms with Gasteiger partial charge in [0.1, 0.15) is 6.61 Å². The molecule has 2 rings (SSSR count). The van der Waals surface area contributed by atoms with Gasteiger partial charge in [0.05, 0.1) is 12.2 Å². The third-order valence-corrected chi connectivity index (χ3v) is 2.95. The van der Waals surface area contributed by atoms with E-state index in [9.17, 15) is 9.59 Å². The number of nitrogens with one attached hydrogen (secondary N) is 1. The molecular formula is C15H18N2O3. The summed E-state index contributed by atoms with van der Waals surface area (Å²) in [6.45, 7) is 6.57. The summed E-state index contributed by atoms with van der Waals surface area (Å²) in [4.78, 5) is 24.9. The molecule has 1 aromatic rings. The van der Waals surface area contributed by atoms with Crippen molar-refractivity contribution in [2.75, 3.05) is 23.4 Å². The number of allylic oxidation sites excluding steroid dienone is 1. The molecule has 1 N–H and O–H groups in total. The fraction of sp³-hybridized carbons (Fsp3) is 0.333. The van der Waals surface area contributed by atoms with Gasteiger partial charge in [-0.15, -0.1) is 0 Å². The number of anilines is 2. The maximum atomic E-state index is 11.7. The minimum Gasteiger partial charge on any atom is -0.447 e. The van der Waals surface area contributed by atoms with Crippen molar-refractivity contribution in [3.05, 3.63) is 35.4 Å². The molecule has 0 atom stereocenters. The van der Waals surface area contributed by atoms with Gasteiger partial charge in [0, 0.05) is 11.8 Å². The summed E-state index contributed by atoms with van der Waals surface area (Å²) in [6, 6.07) is 5.48. The van der Waals surface area contributed by atoms with Gasteiger partial charge in [-0.05, 0) is 38.5 Å². The fourth-order valence-electron chi connectivity index (χ4n) is 2.03. The third-order valence-electron chi connectivity index (χ3n) is 2.95. The second-order valence-corrected chi connectivity index (χ2v) is 4.98. The van der Waals surface area contributed by atoms with E-state index in [-0.39, 0.29) is 12.0 Å². The summed E-state index contributed by atoms with van der Waals surface area (Å²) >= 11 is 0. The molecule has 5 heteroatoms. The van der Waals surface area contributed by atoms with Crippen LogP contribution in [0.2, 0.25) is 0 Å². The van der Waals surface area contributed by atoms with E-state index in [1.165, 1.54) is 6.08 Å². The molecule has 0 radical (unpaired) electrons. The second kappa shape index (κ2) is 5.77. The first-order valence-corrected chi connectivity index (χ1v) is 6.48. The number of cyclic esters (lactones) is 1. The van der Waals surface area contributed by atoms with Gasteiger partial charge in [-0.3, -0.25) is 9.69 Å². The predicted octanol–water partition coefficient (Wildman–Crippen LogP) is 2.86. The molecule has 1 heterocycles. The lowest BCUT2D eigenvalue weighted by atomic mass is 10.1. The molecule has 0 spiro atoms. The van der Waals surface area contributed by atoms with Crippen LogP contribution in [0.5, 0.6) is 0 Å². The maximum Gasteiger partial charge on any atom is 0.414 e. The maximum absolute atomic E-state index is 11.7. The Labute approximate surface area is 118 Å². The summed E-state index contributed by atoms with van der Waals surface area (Å²) in [6.07, 6.45) is 1.18. The van der Waals surface area contributed by atoms with Gasteiger partial charge in [-0.25, -0.2) is 4.79 Å². The van der Waals surface area contributed by atoms with E-state index in [2.05, 4.69) is 5.32 Å². The van der Waals surface area contributed by atoms with Gasteiger partial charge in [-0.1, -0.05) is 11.6 Å². The number of amides is 2. The van der Waals surface area contributed by atoms with Crippen LogP contribution in [0.4, 0.5) is 16.2 Å². The summed E-state index contributed by atoms with van der Waals surface area (Å²) < 4.78 is 4.94. The van der Waals surface area contributed by atoms with Crippen molar-refractivity contribution >= 4 is 23.4 Å². The van der Waals surface area contributed by atoms with Crippen LogP contribution in [-0.4, -0.2) is 25.2 Å². The molecule has 0 bridgehead atoms. The van der Waals surface area contributed by atoms with Gasteiger partial charge in [0.15, 0.2) is 0 Å². The number of benzene rings is 1. The van der Waals surface area contributed by atoms with Crippen molar-refractivity contribution in [3.63, 3.8) is 0 Å². The number of carbonyl (C=O) groups excluding carboxylic acids is 2. The van der Waals surface area contributed by atoms with Crippen LogP contribution in [0.15, 0.2) is 29.8 Å². The average Bonchev–Trinajstić information content (AvgIpc) is 2.77. The standard InChI is InChI=1S/C15H18N2O3/c1-10(2)8-14(18)16-12-5-4-11(3)13(9-12)17-6-7-20-15(17)19/h4-5,8-9H,6-7H2,1-3H3,(H,16,18). The van der Waals surface area contributed by atoms with Gasteiger partial charge in [0.2, 0.25) is 5.91 Å². The Morgan fingerprint density at radius 1 is 1.40 bits per heavy atom. The summed E-state index contributed by atoms with van der Waals surface area (Å²) in [7, 11) is 0. The Bertz CT molecular complexity index is 574. The molecule has 1 aromatic carbocycles. The highest BCUT2D eigenvalue weighted by Gasteiger charge is 2.25. The topological polar surface area (TPSA) is 58.6 Å². The number of hydrogen-bond acceptors (Lipinski definition) is 3.